The van der Waals surface area contributed by atoms with Gasteiger partial charge >= 0.3 is 24.3 Å². The Bertz CT molecular complexity index is 934. The fraction of sp³-hybridized carbons (Fsp3) is 0.476. The smallest absolute Gasteiger partial charge is 0.486 e. The fourth-order valence-electron chi connectivity index (χ4n) is 3.51. The lowest BCUT2D eigenvalue weighted by Gasteiger charge is -2.38. The lowest BCUT2D eigenvalue weighted by Crippen LogP contribution is -2.51. The van der Waals surface area contributed by atoms with Crippen LogP contribution in [0.15, 0.2) is 42.0 Å². The number of hydrogen-bond acceptors (Lipinski definition) is 7. The van der Waals surface area contributed by atoms with Crippen molar-refractivity contribution < 1.29 is 55.6 Å². The number of morpholine rings is 1. The summed E-state index contributed by atoms with van der Waals surface area (Å²) in [4.78, 5) is 25.9. The molecule has 1 saturated carbocycles. The van der Waals surface area contributed by atoms with Gasteiger partial charge in [0.25, 0.3) is 0 Å². The predicted molar refractivity (Wildman–Crippen MR) is 114 cm³/mol. The Labute approximate surface area is 205 Å². The maximum Gasteiger partial charge on any atom is 0.490 e. The molecule has 3 atom stereocenters. The summed E-state index contributed by atoms with van der Waals surface area (Å²) < 4.78 is 75.6. The van der Waals surface area contributed by atoms with Crippen LogP contribution in [-0.4, -0.2) is 75.8 Å². The number of carboxylic acid groups (broad SMARTS) is 2. The Morgan fingerprint density at radius 1 is 1.08 bits per heavy atom. The van der Waals surface area contributed by atoms with Crippen LogP contribution in [0.5, 0.6) is 5.75 Å². The Kier molecular flexibility index (Phi) is 10.5. The molecule has 0 aromatic carbocycles. The first-order valence-electron chi connectivity index (χ1n) is 10.3. The molecule has 0 spiro atoms. The molecule has 2 aliphatic rings. The number of aromatic nitrogens is 1. The highest BCUT2D eigenvalue weighted by atomic mass is 32.1. The van der Waals surface area contributed by atoms with Crippen LogP contribution in [0.25, 0.3) is 0 Å². The second-order valence-corrected chi connectivity index (χ2v) is 8.51. The zero-order valence-corrected chi connectivity index (χ0v) is 19.2. The first-order chi connectivity index (χ1) is 16.8. The fourth-order valence-corrected chi connectivity index (χ4v) is 4.24. The Hall–Kier alpha value is -2.91. The molecule has 2 fully saturated rings. The molecule has 36 heavy (non-hydrogen) atoms. The van der Waals surface area contributed by atoms with Crippen molar-refractivity contribution in [3.05, 3.63) is 46.9 Å². The van der Waals surface area contributed by atoms with E-state index >= 15 is 0 Å². The molecule has 4 rings (SSSR count). The molecule has 8 nitrogen and oxygen atoms in total. The number of thiophene rings is 1. The largest absolute Gasteiger partial charge is 0.490 e. The van der Waals surface area contributed by atoms with E-state index in [1.807, 2.05) is 23.5 Å². The van der Waals surface area contributed by atoms with E-state index in [1.54, 1.807) is 12.4 Å². The highest BCUT2D eigenvalue weighted by molar-refractivity contribution is 7.09. The minimum Gasteiger partial charge on any atom is -0.486 e. The number of halogens is 6. The van der Waals surface area contributed by atoms with Crippen LogP contribution in [0.4, 0.5) is 26.3 Å². The van der Waals surface area contributed by atoms with Gasteiger partial charge in [-0.15, -0.1) is 11.3 Å². The maximum absolute atomic E-state index is 10.6. The topological polar surface area (TPSA) is 109 Å². The SMILES string of the molecule is O=C(O)C(F)(F)F.O=C(O)C(F)(F)F.c1cncc(O[C@H]2CC[C@H]3[C@H]2OCCN3Cc2cccs2)c1. The van der Waals surface area contributed by atoms with Gasteiger partial charge in [-0.1, -0.05) is 6.07 Å². The van der Waals surface area contributed by atoms with Crippen molar-refractivity contribution in [2.45, 2.75) is 50.0 Å². The first-order valence-corrected chi connectivity index (χ1v) is 11.2. The van der Waals surface area contributed by atoms with E-state index in [4.69, 9.17) is 29.3 Å². The van der Waals surface area contributed by atoms with Crippen molar-refractivity contribution in [2.75, 3.05) is 13.2 Å². The quantitative estimate of drug-likeness (QED) is 0.551. The van der Waals surface area contributed by atoms with Gasteiger partial charge in [-0.05, 0) is 36.4 Å². The minimum atomic E-state index is -5.08. The van der Waals surface area contributed by atoms with Crippen molar-refractivity contribution in [2.24, 2.45) is 0 Å². The highest BCUT2D eigenvalue weighted by Gasteiger charge is 2.44. The summed E-state index contributed by atoms with van der Waals surface area (Å²) in [6, 6.07) is 8.69. The van der Waals surface area contributed by atoms with Gasteiger partial charge in [0.05, 0.1) is 12.8 Å². The Morgan fingerprint density at radius 3 is 2.22 bits per heavy atom. The van der Waals surface area contributed by atoms with Gasteiger partial charge in [-0.25, -0.2) is 9.59 Å². The number of pyridine rings is 1. The van der Waals surface area contributed by atoms with E-state index in [9.17, 15) is 26.3 Å². The molecule has 0 bridgehead atoms. The monoisotopic (exact) mass is 544 g/mol. The second kappa shape index (κ2) is 12.9. The lowest BCUT2D eigenvalue weighted by atomic mass is 10.1. The molecule has 200 valence electrons. The van der Waals surface area contributed by atoms with Crippen LogP contribution >= 0.6 is 11.3 Å². The predicted octanol–water partition coefficient (Wildman–Crippen LogP) is 4.22. The summed E-state index contributed by atoms with van der Waals surface area (Å²) in [6.45, 7) is 2.83. The van der Waals surface area contributed by atoms with Gasteiger partial charge in [-0.2, -0.15) is 26.3 Å². The summed E-state index contributed by atoms with van der Waals surface area (Å²) in [6.07, 6.45) is -4.12. The van der Waals surface area contributed by atoms with E-state index in [2.05, 4.69) is 27.4 Å². The molecule has 1 saturated heterocycles. The highest BCUT2D eigenvalue weighted by Crippen LogP contribution is 2.34. The number of ether oxygens (including phenoxy) is 2. The van der Waals surface area contributed by atoms with Crippen LogP contribution in [-0.2, 0) is 20.9 Å². The van der Waals surface area contributed by atoms with E-state index in [-0.39, 0.29) is 12.2 Å². The molecule has 0 unspecified atom stereocenters. The second-order valence-electron chi connectivity index (χ2n) is 7.48. The molecule has 2 aromatic rings. The molecule has 15 heteroatoms. The van der Waals surface area contributed by atoms with Gasteiger partial charge in [0.1, 0.15) is 18.0 Å². The first kappa shape index (κ1) is 29.3. The van der Waals surface area contributed by atoms with Crippen LogP contribution in [0.3, 0.4) is 0 Å². The van der Waals surface area contributed by atoms with E-state index < -0.39 is 24.3 Å². The Morgan fingerprint density at radius 2 is 1.72 bits per heavy atom. The van der Waals surface area contributed by atoms with Crippen molar-refractivity contribution in [3.8, 4) is 5.75 Å². The third-order valence-corrected chi connectivity index (χ3v) is 5.86. The molecule has 0 amide bonds. The number of alkyl halides is 6. The van der Waals surface area contributed by atoms with E-state index in [0.717, 1.165) is 38.3 Å². The average molecular weight is 544 g/mol. The molecular formula is C21H22F6N2O6S. The lowest BCUT2D eigenvalue weighted by molar-refractivity contribution is -0.193. The maximum atomic E-state index is 10.6. The Balaban J connectivity index is 0.000000271. The third-order valence-electron chi connectivity index (χ3n) is 5.00. The standard InChI is InChI=1S/C17H20N2O2S.2C2HF3O2/c1-3-13(11-18-7-1)21-16-6-5-15-17(16)20-9-8-19(15)12-14-4-2-10-22-14;2*3-2(4,5)1(6)7/h1-4,7,10-11,15-17H,5-6,8-9,12H2;2*(H,6,7)/t15-,16-,17+;;/m0../s1. The minimum absolute atomic E-state index is 0.139. The number of aliphatic carboxylic acids is 2. The van der Waals surface area contributed by atoms with Crippen molar-refractivity contribution in [3.63, 3.8) is 0 Å². The van der Waals surface area contributed by atoms with Crippen LogP contribution in [0.2, 0.25) is 0 Å². The molecule has 2 N–H and O–H groups in total. The van der Waals surface area contributed by atoms with E-state index in [0.29, 0.717) is 6.04 Å². The summed E-state index contributed by atoms with van der Waals surface area (Å²) in [5.41, 5.74) is 0. The number of carbonyl (C=O) groups is 2. The van der Waals surface area contributed by atoms with Gasteiger partial charge in [0, 0.05) is 30.2 Å². The van der Waals surface area contributed by atoms with Gasteiger partial charge in [-0.3, -0.25) is 9.88 Å². The molecule has 0 radical (unpaired) electrons. The molecule has 2 aromatic heterocycles. The normalized spacial score (nSPS) is 21.8. The molecule has 1 aliphatic heterocycles. The third kappa shape index (κ3) is 9.28. The van der Waals surface area contributed by atoms with Crippen LogP contribution < -0.4 is 4.74 Å². The summed E-state index contributed by atoms with van der Waals surface area (Å²) >= 11 is 1.83. The van der Waals surface area contributed by atoms with Gasteiger partial charge in [0.15, 0.2) is 0 Å². The number of hydrogen-bond donors (Lipinski definition) is 2. The zero-order chi connectivity index (χ0) is 26.9. The van der Waals surface area contributed by atoms with Crippen molar-refractivity contribution in [1.29, 1.82) is 0 Å². The number of nitrogens with zero attached hydrogens (tertiary/aromatic N) is 2. The average Bonchev–Trinajstić information content (AvgIpc) is 3.45. The van der Waals surface area contributed by atoms with Crippen molar-refractivity contribution in [1.82, 2.24) is 9.88 Å². The number of carboxylic acids is 2. The molecular weight excluding hydrogens is 522 g/mol. The number of rotatable bonds is 4. The zero-order valence-electron chi connectivity index (χ0n) is 18.4. The van der Waals surface area contributed by atoms with Gasteiger partial charge < -0.3 is 19.7 Å². The van der Waals surface area contributed by atoms with Crippen molar-refractivity contribution >= 4 is 23.3 Å². The van der Waals surface area contributed by atoms with Crippen LogP contribution in [0, 0.1) is 0 Å². The summed E-state index contributed by atoms with van der Waals surface area (Å²) in [7, 11) is 0. The summed E-state index contributed by atoms with van der Waals surface area (Å²) in [5, 5.41) is 16.4. The van der Waals surface area contributed by atoms with Gasteiger partial charge in [0.2, 0.25) is 0 Å². The van der Waals surface area contributed by atoms with Crippen LogP contribution in [0.1, 0.15) is 17.7 Å². The molecule has 1 aliphatic carbocycles. The molecule has 3 heterocycles. The number of fused-ring (bicyclic) bond motifs is 1. The van der Waals surface area contributed by atoms with E-state index in [1.165, 1.54) is 4.88 Å². The summed E-state index contributed by atoms with van der Waals surface area (Å²) in [5.74, 6) is -4.67.